The Hall–Kier alpha value is -1.46. The summed E-state index contributed by atoms with van der Waals surface area (Å²) in [6, 6.07) is 3.23. The van der Waals surface area contributed by atoms with Crippen molar-refractivity contribution in [2.75, 3.05) is 46.1 Å². The number of benzene rings is 1. The zero-order chi connectivity index (χ0) is 18.4. The predicted molar refractivity (Wildman–Crippen MR) is 103 cm³/mol. The van der Waals surface area contributed by atoms with E-state index in [1.165, 1.54) is 20.0 Å². The van der Waals surface area contributed by atoms with Gasteiger partial charge in [-0.05, 0) is 44.8 Å². The van der Waals surface area contributed by atoms with Crippen LogP contribution in [-0.2, 0) is 0 Å². The number of hydrogen-bond donors (Lipinski definition) is 1. The second kappa shape index (κ2) is 9.30. The Morgan fingerprint density at radius 2 is 2.08 bits per heavy atom. The first-order chi connectivity index (χ1) is 12.0. The standard InChI is InChI=1S/C19H30ClN3O2/c1-4-5-8-22(2)13-14-6-9-23(10-7-14)19(24)15-11-16(20)17(21)12-18(15)25-3/h11-12,14H,4-10,13,21H2,1-3H3. The van der Waals surface area contributed by atoms with E-state index in [4.69, 9.17) is 22.1 Å². The van der Waals surface area contributed by atoms with Gasteiger partial charge in [0.25, 0.3) is 5.91 Å². The van der Waals surface area contributed by atoms with Gasteiger partial charge in [0.05, 0.1) is 23.4 Å². The van der Waals surface area contributed by atoms with Crippen LogP contribution in [0.3, 0.4) is 0 Å². The van der Waals surface area contributed by atoms with Crippen LogP contribution in [0, 0.1) is 5.92 Å². The van der Waals surface area contributed by atoms with Crippen molar-refractivity contribution >= 4 is 23.2 Å². The number of rotatable bonds is 7. The Bertz CT molecular complexity index is 586. The summed E-state index contributed by atoms with van der Waals surface area (Å²) in [5.41, 5.74) is 6.71. The van der Waals surface area contributed by atoms with Gasteiger partial charge in [-0.3, -0.25) is 4.79 Å². The zero-order valence-electron chi connectivity index (χ0n) is 15.6. The zero-order valence-corrected chi connectivity index (χ0v) is 16.3. The molecule has 1 saturated heterocycles. The van der Waals surface area contributed by atoms with Crippen LogP contribution in [0.1, 0.15) is 43.0 Å². The first-order valence-electron chi connectivity index (χ1n) is 9.07. The average Bonchev–Trinajstić information content (AvgIpc) is 2.62. The van der Waals surface area contributed by atoms with Gasteiger partial charge in [-0.1, -0.05) is 24.9 Å². The number of anilines is 1. The van der Waals surface area contributed by atoms with Gasteiger partial charge in [-0.25, -0.2) is 0 Å². The van der Waals surface area contributed by atoms with Crippen LogP contribution in [0.4, 0.5) is 5.69 Å². The van der Waals surface area contributed by atoms with Crippen LogP contribution in [0.15, 0.2) is 12.1 Å². The van der Waals surface area contributed by atoms with E-state index in [2.05, 4.69) is 18.9 Å². The summed E-state index contributed by atoms with van der Waals surface area (Å²) >= 11 is 6.09. The highest BCUT2D eigenvalue weighted by Gasteiger charge is 2.26. The maximum absolute atomic E-state index is 12.8. The molecule has 0 saturated carbocycles. The maximum Gasteiger partial charge on any atom is 0.257 e. The fraction of sp³-hybridized carbons (Fsp3) is 0.632. The molecule has 1 heterocycles. The number of halogens is 1. The normalized spacial score (nSPS) is 15.6. The van der Waals surface area contributed by atoms with E-state index in [1.807, 2.05) is 4.90 Å². The van der Waals surface area contributed by atoms with Crippen LogP contribution in [0.5, 0.6) is 5.75 Å². The first kappa shape index (κ1) is 19.9. The van der Waals surface area contributed by atoms with Crippen molar-refractivity contribution in [1.82, 2.24) is 9.80 Å². The molecule has 0 radical (unpaired) electrons. The van der Waals surface area contributed by atoms with E-state index in [0.29, 0.717) is 27.9 Å². The van der Waals surface area contributed by atoms with E-state index < -0.39 is 0 Å². The SMILES string of the molecule is CCCCN(C)CC1CCN(C(=O)c2cc(Cl)c(N)cc2OC)CC1. The van der Waals surface area contributed by atoms with Gasteiger partial charge < -0.3 is 20.3 Å². The second-order valence-electron chi connectivity index (χ2n) is 6.93. The van der Waals surface area contributed by atoms with Crippen molar-refractivity contribution in [2.45, 2.75) is 32.6 Å². The lowest BCUT2D eigenvalue weighted by Crippen LogP contribution is -2.41. The average molecular weight is 368 g/mol. The van der Waals surface area contributed by atoms with Gasteiger partial charge in [0.15, 0.2) is 0 Å². The van der Waals surface area contributed by atoms with Crippen molar-refractivity contribution in [3.05, 3.63) is 22.7 Å². The summed E-state index contributed by atoms with van der Waals surface area (Å²) in [6.45, 7) is 6.03. The van der Waals surface area contributed by atoms with Gasteiger partial charge in [0.1, 0.15) is 5.75 Å². The van der Waals surface area contributed by atoms with Gasteiger partial charge in [-0.2, -0.15) is 0 Å². The van der Waals surface area contributed by atoms with Crippen LogP contribution in [0.25, 0.3) is 0 Å². The number of piperidine rings is 1. The Labute approximate surface area is 156 Å². The predicted octanol–water partition coefficient (Wildman–Crippen LogP) is 3.51. The van der Waals surface area contributed by atoms with Crippen LogP contribution < -0.4 is 10.5 Å². The Morgan fingerprint density at radius 3 is 2.68 bits per heavy atom. The Balaban J connectivity index is 1.94. The molecule has 0 unspecified atom stereocenters. The third-order valence-corrected chi connectivity index (χ3v) is 5.24. The smallest absolute Gasteiger partial charge is 0.257 e. The fourth-order valence-electron chi connectivity index (χ4n) is 3.35. The number of methoxy groups -OCH3 is 1. The van der Waals surface area contributed by atoms with E-state index >= 15 is 0 Å². The van der Waals surface area contributed by atoms with Crippen molar-refractivity contribution in [3.8, 4) is 5.75 Å². The Kier molecular flexibility index (Phi) is 7.38. The lowest BCUT2D eigenvalue weighted by atomic mass is 9.95. The minimum Gasteiger partial charge on any atom is -0.496 e. The van der Waals surface area contributed by atoms with E-state index in [-0.39, 0.29) is 5.91 Å². The molecule has 140 valence electrons. The van der Waals surface area contributed by atoms with Gasteiger partial charge >= 0.3 is 0 Å². The van der Waals surface area contributed by atoms with Crippen LogP contribution >= 0.6 is 11.6 Å². The lowest BCUT2D eigenvalue weighted by Gasteiger charge is -2.34. The molecule has 2 N–H and O–H groups in total. The lowest BCUT2D eigenvalue weighted by molar-refractivity contribution is 0.0670. The molecule has 1 aliphatic heterocycles. The number of unbranched alkanes of at least 4 members (excludes halogenated alkanes) is 1. The molecule has 0 aliphatic carbocycles. The highest BCUT2D eigenvalue weighted by Crippen LogP contribution is 2.30. The summed E-state index contributed by atoms with van der Waals surface area (Å²) in [5, 5.41) is 0.386. The molecular weight excluding hydrogens is 338 g/mol. The first-order valence-corrected chi connectivity index (χ1v) is 9.44. The summed E-state index contributed by atoms with van der Waals surface area (Å²) < 4.78 is 5.31. The Morgan fingerprint density at radius 1 is 1.40 bits per heavy atom. The summed E-state index contributed by atoms with van der Waals surface area (Å²) in [6.07, 6.45) is 4.54. The number of nitrogens with zero attached hydrogens (tertiary/aromatic N) is 2. The van der Waals surface area contributed by atoms with Gasteiger partial charge in [0.2, 0.25) is 0 Å². The summed E-state index contributed by atoms with van der Waals surface area (Å²) in [4.78, 5) is 17.2. The van der Waals surface area contributed by atoms with Crippen LogP contribution in [0.2, 0.25) is 5.02 Å². The molecule has 0 bridgehead atoms. The largest absolute Gasteiger partial charge is 0.496 e. The molecule has 1 amide bonds. The topological polar surface area (TPSA) is 58.8 Å². The number of amides is 1. The van der Waals surface area contributed by atoms with Crippen molar-refractivity contribution in [1.29, 1.82) is 0 Å². The molecular formula is C19H30ClN3O2. The molecule has 0 aromatic heterocycles. The van der Waals surface area contributed by atoms with Crippen LogP contribution in [-0.4, -0.2) is 56.0 Å². The highest BCUT2D eigenvalue weighted by atomic mass is 35.5. The van der Waals surface area contributed by atoms with Gasteiger partial charge in [0, 0.05) is 25.7 Å². The molecule has 25 heavy (non-hydrogen) atoms. The maximum atomic E-state index is 12.8. The second-order valence-corrected chi connectivity index (χ2v) is 7.33. The molecule has 6 heteroatoms. The molecule has 2 rings (SSSR count). The number of carbonyl (C=O) groups is 1. The van der Waals surface area contributed by atoms with Gasteiger partial charge in [-0.15, -0.1) is 0 Å². The quantitative estimate of drug-likeness (QED) is 0.749. The third-order valence-electron chi connectivity index (χ3n) is 4.91. The number of nitrogen functional groups attached to an aromatic ring is 1. The number of nitrogens with two attached hydrogens (primary N) is 1. The molecule has 1 aromatic rings. The minimum absolute atomic E-state index is 0.0310. The van der Waals surface area contributed by atoms with Crippen molar-refractivity contribution < 1.29 is 9.53 Å². The van der Waals surface area contributed by atoms with Crippen molar-refractivity contribution in [3.63, 3.8) is 0 Å². The third kappa shape index (κ3) is 5.25. The molecule has 1 fully saturated rings. The van der Waals surface area contributed by atoms with E-state index in [0.717, 1.165) is 39.0 Å². The number of ether oxygens (including phenoxy) is 1. The number of likely N-dealkylation sites (tertiary alicyclic amines) is 1. The summed E-state index contributed by atoms with van der Waals surface area (Å²) in [7, 11) is 3.73. The monoisotopic (exact) mass is 367 g/mol. The van der Waals surface area contributed by atoms with Crippen molar-refractivity contribution in [2.24, 2.45) is 5.92 Å². The molecule has 0 atom stereocenters. The fourth-order valence-corrected chi connectivity index (χ4v) is 3.52. The summed E-state index contributed by atoms with van der Waals surface area (Å²) in [5.74, 6) is 1.10. The molecule has 1 aromatic carbocycles. The molecule has 1 aliphatic rings. The van der Waals surface area contributed by atoms with E-state index in [1.54, 1.807) is 12.1 Å². The number of carbonyl (C=O) groups excluding carboxylic acids is 1. The highest BCUT2D eigenvalue weighted by molar-refractivity contribution is 6.33. The number of hydrogen-bond acceptors (Lipinski definition) is 4. The minimum atomic E-state index is -0.0310. The van der Waals surface area contributed by atoms with E-state index in [9.17, 15) is 4.79 Å². The molecule has 0 spiro atoms. The molecule has 5 nitrogen and oxygen atoms in total.